The van der Waals surface area contributed by atoms with E-state index in [9.17, 15) is 4.79 Å². The number of amides is 1. The molecule has 24 heavy (non-hydrogen) atoms. The van der Waals surface area contributed by atoms with Gasteiger partial charge in [0.15, 0.2) is 5.69 Å². The molecule has 5 heteroatoms. The first kappa shape index (κ1) is 16.7. The number of ether oxygens (including phenoxy) is 1. The van der Waals surface area contributed by atoms with Gasteiger partial charge in [0.25, 0.3) is 5.91 Å². The van der Waals surface area contributed by atoms with Crippen LogP contribution in [0.15, 0.2) is 30.3 Å². The number of carbonyl (C=O) groups excluding carboxylic acids is 1. The van der Waals surface area contributed by atoms with E-state index in [1.54, 1.807) is 0 Å². The third-order valence-corrected chi connectivity index (χ3v) is 4.66. The minimum Gasteiger partial charge on any atom is -0.372 e. The van der Waals surface area contributed by atoms with Crippen molar-refractivity contribution in [3.63, 3.8) is 0 Å². The summed E-state index contributed by atoms with van der Waals surface area (Å²) in [6, 6.07) is 10.2. The monoisotopic (exact) mass is 327 g/mol. The van der Waals surface area contributed by atoms with Gasteiger partial charge in [0.2, 0.25) is 0 Å². The number of benzene rings is 1. The number of piperidine rings is 1. The molecular formula is C19H25N3O2. The van der Waals surface area contributed by atoms with E-state index in [2.05, 4.69) is 29.3 Å². The van der Waals surface area contributed by atoms with Gasteiger partial charge >= 0.3 is 0 Å². The summed E-state index contributed by atoms with van der Waals surface area (Å²) < 4.78 is 6.02. The second-order valence-electron chi connectivity index (χ2n) is 6.34. The van der Waals surface area contributed by atoms with Crippen LogP contribution in [0.4, 0.5) is 0 Å². The molecule has 1 amide bonds. The SMILES string of the molecule is CCc1[nH]nc(C(=O)N2CCCC(OCc3ccccc3)C2)c1C. The van der Waals surface area contributed by atoms with Gasteiger partial charge < -0.3 is 9.64 Å². The Bertz CT molecular complexity index is 681. The first-order valence-electron chi connectivity index (χ1n) is 8.67. The first-order chi connectivity index (χ1) is 11.7. The molecule has 3 rings (SSSR count). The van der Waals surface area contributed by atoms with Gasteiger partial charge in [-0.3, -0.25) is 9.89 Å². The lowest BCUT2D eigenvalue weighted by Gasteiger charge is -2.32. The molecule has 128 valence electrons. The third kappa shape index (κ3) is 3.67. The minimum atomic E-state index is 0.0106. The van der Waals surface area contributed by atoms with E-state index in [0.717, 1.165) is 42.6 Å². The van der Waals surface area contributed by atoms with Crippen molar-refractivity contribution in [2.75, 3.05) is 13.1 Å². The van der Waals surface area contributed by atoms with Gasteiger partial charge in [-0.15, -0.1) is 0 Å². The molecule has 1 aliphatic heterocycles. The van der Waals surface area contributed by atoms with Gasteiger partial charge in [-0.25, -0.2) is 0 Å². The minimum absolute atomic E-state index is 0.0106. The van der Waals surface area contributed by atoms with Crippen LogP contribution in [0, 0.1) is 6.92 Å². The average Bonchev–Trinajstić information content (AvgIpc) is 3.01. The molecule has 1 aromatic heterocycles. The Hall–Kier alpha value is -2.14. The molecule has 1 aromatic carbocycles. The predicted octanol–water partition coefficient (Wildman–Crippen LogP) is 3.10. The summed E-state index contributed by atoms with van der Waals surface area (Å²) in [4.78, 5) is 14.6. The Kier molecular flexibility index (Phi) is 5.30. The van der Waals surface area contributed by atoms with Gasteiger partial charge in [-0.2, -0.15) is 5.10 Å². The van der Waals surface area contributed by atoms with Gasteiger partial charge in [0, 0.05) is 24.3 Å². The van der Waals surface area contributed by atoms with Gasteiger partial charge in [-0.1, -0.05) is 37.3 Å². The predicted molar refractivity (Wildman–Crippen MR) is 92.9 cm³/mol. The summed E-state index contributed by atoms with van der Waals surface area (Å²) in [5.41, 5.74) is 3.72. The zero-order valence-corrected chi connectivity index (χ0v) is 14.4. The number of carbonyl (C=O) groups is 1. The summed E-state index contributed by atoms with van der Waals surface area (Å²) in [6.07, 6.45) is 2.91. The lowest BCUT2D eigenvalue weighted by molar-refractivity contribution is -0.00691. The highest BCUT2D eigenvalue weighted by atomic mass is 16.5. The third-order valence-electron chi connectivity index (χ3n) is 4.66. The largest absolute Gasteiger partial charge is 0.372 e. The fourth-order valence-corrected chi connectivity index (χ4v) is 3.18. The zero-order chi connectivity index (χ0) is 16.9. The Labute approximate surface area is 143 Å². The number of aromatic nitrogens is 2. The van der Waals surface area contributed by atoms with E-state index in [-0.39, 0.29) is 12.0 Å². The van der Waals surface area contributed by atoms with E-state index in [0.29, 0.717) is 18.8 Å². The standard InChI is InChI=1S/C19H25N3O2/c1-3-17-14(2)18(21-20-17)19(23)22-11-7-10-16(12-22)24-13-15-8-5-4-6-9-15/h4-6,8-9,16H,3,7,10-13H2,1-2H3,(H,20,21). The number of aryl methyl sites for hydroxylation is 1. The molecule has 0 spiro atoms. The van der Waals surface area contributed by atoms with Crippen LogP contribution >= 0.6 is 0 Å². The van der Waals surface area contributed by atoms with Gasteiger partial charge in [0.05, 0.1) is 12.7 Å². The maximum atomic E-state index is 12.8. The van der Waals surface area contributed by atoms with Crippen molar-refractivity contribution in [3.8, 4) is 0 Å². The van der Waals surface area contributed by atoms with Crippen molar-refractivity contribution in [1.29, 1.82) is 0 Å². The number of nitrogens with one attached hydrogen (secondary N) is 1. The second-order valence-corrected chi connectivity index (χ2v) is 6.34. The lowest BCUT2D eigenvalue weighted by Crippen LogP contribution is -2.43. The zero-order valence-electron chi connectivity index (χ0n) is 14.4. The highest BCUT2D eigenvalue weighted by molar-refractivity contribution is 5.94. The van der Waals surface area contributed by atoms with Crippen molar-refractivity contribution in [2.45, 2.75) is 45.8 Å². The van der Waals surface area contributed by atoms with Crippen LogP contribution in [0.3, 0.4) is 0 Å². The van der Waals surface area contributed by atoms with Crippen LogP contribution in [0.5, 0.6) is 0 Å². The quantitative estimate of drug-likeness (QED) is 0.918. The molecule has 0 aliphatic carbocycles. The summed E-state index contributed by atoms with van der Waals surface area (Å²) >= 11 is 0. The summed E-state index contributed by atoms with van der Waals surface area (Å²) in [7, 11) is 0. The van der Waals surface area contributed by atoms with E-state index in [1.165, 1.54) is 0 Å². The van der Waals surface area contributed by atoms with Crippen LogP contribution in [-0.4, -0.2) is 40.2 Å². The van der Waals surface area contributed by atoms with Crippen LogP contribution < -0.4 is 0 Å². The number of aromatic amines is 1. The molecule has 0 saturated carbocycles. The molecule has 2 heterocycles. The van der Waals surface area contributed by atoms with Crippen LogP contribution in [0.25, 0.3) is 0 Å². The van der Waals surface area contributed by atoms with Crippen molar-refractivity contribution in [2.24, 2.45) is 0 Å². The van der Waals surface area contributed by atoms with Crippen molar-refractivity contribution in [3.05, 3.63) is 52.8 Å². The summed E-state index contributed by atoms with van der Waals surface area (Å²) in [6.45, 7) is 6.03. The summed E-state index contributed by atoms with van der Waals surface area (Å²) in [5, 5.41) is 7.20. The maximum Gasteiger partial charge on any atom is 0.274 e. The Balaban J connectivity index is 1.60. The number of rotatable bonds is 5. The maximum absolute atomic E-state index is 12.8. The fraction of sp³-hybridized carbons (Fsp3) is 0.474. The molecule has 2 aromatic rings. The molecular weight excluding hydrogens is 302 g/mol. The molecule has 0 bridgehead atoms. The number of nitrogens with zero attached hydrogens (tertiary/aromatic N) is 2. The number of hydrogen-bond acceptors (Lipinski definition) is 3. The highest BCUT2D eigenvalue weighted by Crippen LogP contribution is 2.19. The van der Waals surface area contributed by atoms with Crippen molar-refractivity contribution >= 4 is 5.91 Å². The van der Waals surface area contributed by atoms with E-state index < -0.39 is 0 Å². The van der Waals surface area contributed by atoms with Crippen molar-refractivity contribution < 1.29 is 9.53 Å². The molecule has 0 radical (unpaired) electrons. The fourth-order valence-electron chi connectivity index (χ4n) is 3.18. The van der Waals surface area contributed by atoms with Crippen LogP contribution in [0.2, 0.25) is 0 Å². The van der Waals surface area contributed by atoms with Crippen LogP contribution in [0.1, 0.15) is 47.1 Å². The topological polar surface area (TPSA) is 58.2 Å². The number of hydrogen-bond donors (Lipinski definition) is 1. The summed E-state index contributed by atoms with van der Waals surface area (Å²) in [5.74, 6) is 0.0106. The Morgan fingerprint density at radius 3 is 2.88 bits per heavy atom. The second kappa shape index (κ2) is 7.62. The Morgan fingerprint density at radius 1 is 1.38 bits per heavy atom. The molecule has 5 nitrogen and oxygen atoms in total. The van der Waals surface area contributed by atoms with Crippen molar-refractivity contribution in [1.82, 2.24) is 15.1 Å². The molecule has 1 fully saturated rings. The molecule has 1 saturated heterocycles. The highest BCUT2D eigenvalue weighted by Gasteiger charge is 2.27. The molecule has 1 atom stereocenters. The molecule has 1 unspecified atom stereocenters. The first-order valence-corrected chi connectivity index (χ1v) is 8.67. The van der Waals surface area contributed by atoms with Gasteiger partial charge in [-0.05, 0) is 31.7 Å². The normalized spacial score (nSPS) is 17.9. The van der Waals surface area contributed by atoms with E-state index in [1.807, 2.05) is 30.0 Å². The molecule has 1 N–H and O–H groups in total. The number of H-pyrrole nitrogens is 1. The lowest BCUT2D eigenvalue weighted by atomic mass is 10.1. The number of likely N-dealkylation sites (tertiary alicyclic amines) is 1. The molecule has 1 aliphatic rings. The van der Waals surface area contributed by atoms with Gasteiger partial charge in [0.1, 0.15) is 0 Å². The average molecular weight is 327 g/mol. The van der Waals surface area contributed by atoms with E-state index >= 15 is 0 Å². The smallest absolute Gasteiger partial charge is 0.274 e. The Morgan fingerprint density at radius 2 is 2.17 bits per heavy atom. The van der Waals surface area contributed by atoms with E-state index in [4.69, 9.17) is 4.74 Å². The van der Waals surface area contributed by atoms with Crippen LogP contribution in [-0.2, 0) is 17.8 Å².